The van der Waals surface area contributed by atoms with E-state index in [1.165, 1.54) is 50.5 Å². The molecule has 158 valence electrons. The van der Waals surface area contributed by atoms with Gasteiger partial charge in [-0.15, -0.1) is 0 Å². The molecule has 0 atom stereocenters. The summed E-state index contributed by atoms with van der Waals surface area (Å²) in [7, 11) is 0. The highest BCUT2D eigenvalue weighted by molar-refractivity contribution is 6.06. The van der Waals surface area contributed by atoms with E-state index in [9.17, 15) is 4.79 Å². The van der Waals surface area contributed by atoms with E-state index in [4.69, 9.17) is 4.74 Å². The first kappa shape index (κ1) is 19.7. The maximum absolute atomic E-state index is 13.5. The Balaban J connectivity index is 1.37. The monoisotopic (exact) mass is 403 g/mol. The minimum Gasteiger partial charge on any atom is -0.490 e. The summed E-state index contributed by atoms with van der Waals surface area (Å²) in [5.74, 6) is 0.999. The predicted molar refractivity (Wildman–Crippen MR) is 121 cm³/mol. The first-order valence-electron chi connectivity index (χ1n) is 11.9. The molecule has 1 spiro atoms. The number of anilines is 1. The molecule has 0 N–H and O–H groups in total. The van der Waals surface area contributed by atoms with E-state index in [2.05, 4.69) is 24.3 Å². The number of hydrogen-bond donors (Lipinski definition) is 0. The number of fused-ring (bicyclic) bond motifs is 1. The van der Waals surface area contributed by atoms with E-state index in [1.54, 1.807) is 0 Å². The number of rotatable bonds is 3. The van der Waals surface area contributed by atoms with E-state index < -0.39 is 0 Å². The van der Waals surface area contributed by atoms with E-state index in [-0.39, 0.29) is 5.91 Å². The topological polar surface area (TPSA) is 29.5 Å². The Bertz CT molecular complexity index is 876. The number of para-hydroxylation sites is 1. The molecule has 0 aromatic heterocycles. The SMILES string of the molecule is O=C(c1ccc(OC2CCCC2)cc1)N1CCC2(CCCCC2)Cc2ccccc21. The standard InChI is InChI=1S/C27H33NO2/c29-26(21-12-14-24(15-13-21)30-23-9-3-4-10-23)28-19-18-27(16-6-1-7-17-27)20-22-8-2-5-11-25(22)28/h2,5,8,11-15,23H,1,3-4,6-7,9-10,16-20H2. The van der Waals surface area contributed by atoms with E-state index in [0.29, 0.717) is 11.5 Å². The smallest absolute Gasteiger partial charge is 0.258 e. The summed E-state index contributed by atoms with van der Waals surface area (Å²) in [4.78, 5) is 15.6. The summed E-state index contributed by atoms with van der Waals surface area (Å²) in [6.07, 6.45) is 14.0. The van der Waals surface area contributed by atoms with Crippen molar-refractivity contribution >= 4 is 11.6 Å². The molecule has 2 aromatic rings. The molecule has 2 fully saturated rings. The van der Waals surface area contributed by atoms with Crippen LogP contribution in [0.2, 0.25) is 0 Å². The average molecular weight is 404 g/mol. The summed E-state index contributed by atoms with van der Waals surface area (Å²) in [5, 5.41) is 0. The van der Waals surface area contributed by atoms with Crippen molar-refractivity contribution in [1.82, 2.24) is 0 Å². The number of carbonyl (C=O) groups excluding carboxylic acids is 1. The second kappa shape index (κ2) is 8.45. The minimum absolute atomic E-state index is 0.114. The van der Waals surface area contributed by atoms with Crippen molar-refractivity contribution in [3.63, 3.8) is 0 Å². The molecule has 5 rings (SSSR count). The lowest BCUT2D eigenvalue weighted by Crippen LogP contribution is -2.34. The van der Waals surface area contributed by atoms with E-state index in [1.807, 2.05) is 29.2 Å². The van der Waals surface area contributed by atoms with Crippen molar-refractivity contribution < 1.29 is 9.53 Å². The number of hydrogen-bond acceptors (Lipinski definition) is 2. The van der Waals surface area contributed by atoms with Gasteiger partial charge in [0.25, 0.3) is 5.91 Å². The Hall–Kier alpha value is -2.29. The fourth-order valence-electron chi connectivity index (χ4n) is 5.86. The maximum Gasteiger partial charge on any atom is 0.258 e. The zero-order valence-electron chi connectivity index (χ0n) is 17.9. The highest BCUT2D eigenvalue weighted by Crippen LogP contribution is 2.46. The van der Waals surface area contributed by atoms with E-state index in [0.717, 1.165) is 49.2 Å². The number of ether oxygens (including phenoxy) is 1. The van der Waals surface area contributed by atoms with Crippen LogP contribution in [0.15, 0.2) is 48.5 Å². The van der Waals surface area contributed by atoms with E-state index >= 15 is 0 Å². The van der Waals surface area contributed by atoms with Gasteiger partial charge in [-0.1, -0.05) is 37.5 Å². The molecule has 3 heteroatoms. The van der Waals surface area contributed by atoms with Crippen molar-refractivity contribution in [1.29, 1.82) is 0 Å². The molecule has 3 nitrogen and oxygen atoms in total. The van der Waals surface area contributed by atoms with Gasteiger partial charge in [-0.2, -0.15) is 0 Å². The average Bonchev–Trinajstić information content (AvgIpc) is 3.23. The molecule has 0 radical (unpaired) electrons. The summed E-state index contributed by atoms with van der Waals surface area (Å²) in [6, 6.07) is 16.4. The molecule has 2 aromatic carbocycles. The lowest BCUT2D eigenvalue weighted by molar-refractivity contribution is 0.0981. The molecule has 1 amide bonds. The zero-order valence-corrected chi connectivity index (χ0v) is 17.9. The van der Waals surface area contributed by atoms with Gasteiger partial charge in [0.05, 0.1) is 6.10 Å². The van der Waals surface area contributed by atoms with Crippen molar-refractivity contribution in [2.45, 2.75) is 76.7 Å². The Morgan fingerprint density at radius 1 is 0.867 bits per heavy atom. The van der Waals surface area contributed by atoms with Crippen LogP contribution >= 0.6 is 0 Å². The largest absolute Gasteiger partial charge is 0.490 e. The molecular weight excluding hydrogens is 370 g/mol. The number of carbonyl (C=O) groups is 1. The lowest BCUT2D eigenvalue weighted by Gasteiger charge is -2.36. The highest BCUT2D eigenvalue weighted by Gasteiger charge is 2.37. The molecule has 2 saturated carbocycles. The van der Waals surface area contributed by atoms with Crippen LogP contribution in [0.5, 0.6) is 5.75 Å². The Morgan fingerprint density at radius 3 is 2.37 bits per heavy atom. The highest BCUT2D eigenvalue weighted by atomic mass is 16.5. The normalized spacial score (nSPS) is 21.3. The number of nitrogens with zero attached hydrogens (tertiary/aromatic N) is 1. The van der Waals surface area contributed by atoms with Gasteiger partial charge in [-0.3, -0.25) is 4.79 Å². The van der Waals surface area contributed by atoms with Gasteiger partial charge in [0.15, 0.2) is 0 Å². The Morgan fingerprint density at radius 2 is 1.60 bits per heavy atom. The second-order valence-corrected chi connectivity index (χ2v) is 9.62. The molecule has 30 heavy (non-hydrogen) atoms. The summed E-state index contributed by atoms with van der Waals surface area (Å²) in [6.45, 7) is 0.816. The third-order valence-electron chi connectivity index (χ3n) is 7.58. The predicted octanol–water partition coefficient (Wildman–Crippen LogP) is 6.55. The first-order chi connectivity index (χ1) is 14.7. The maximum atomic E-state index is 13.5. The third-order valence-corrected chi connectivity index (χ3v) is 7.58. The van der Waals surface area contributed by atoms with Gasteiger partial charge in [0.2, 0.25) is 0 Å². The molecule has 0 saturated heterocycles. The van der Waals surface area contributed by atoms with Gasteiger partial charge in [-0.05, 0) is 92.7 Å². The lowest BCUT2D eigenvalue weighted by atomic mass is 9.69. The number of amides is 1. The summed E-state index contributed by atoms with van der Waals surface area (Å²) >= 11 is 0. The quantitative estimate of drug-likeness (QED) is 0.581. The summed E-state index contributed by atoms with van der Waals surface area (Å²) < 4.78 is 6.08. The van der Waals surface area contributed by atoms with Gasteiger partial charge in [0, 0.05) is 17.8 Å². The van der Waals surface area contributed by atoms with Crippen LogP contribution in [0.25, 0.3) is 0 Å². The van der Waals surface area contributed by atoms with Crippen LogP contribution in [0.1, 0.15) is 80.1 Å². The van der Waals surface area contributed by atoms with Crippen LogP contribution < -0.4 is 9.64 Å². The van der Waals surface area contributed by atoms with Gasteiger partial charge in [-0.25, -0.2) is 0 Å². The second-order valence-electron chi connectivity index (χ2n) is 9.62. The Labute approximate surface area is 180 Å². The van der Waals surface area contributed by atoms with Crippen LogP contribution in [-0.4, -0.2) is 18.6 Å². The molecule has 1 aliphatic heterocycles. The zero-order chi connectivity index (χ0) is 20.4. The van der Waals surface area contributed by atoms with Crippen molar-refractivity contribution in [2.75, 3.05) is 11.4 Å². The van der Waals surface area contributed by atoms with Crippen LogP contribution in [0.4, 0.5) is 5.69 Å². The van der Waals surface area contributed by atoms with Gasteiger partial charge >= 0.3 is 0 Å². The molecule has 2 aliphatic carbocycles. The third kappa shape index (κ3) is 3.99. The van der Waals surface area contributed by atoms with Gasteiger partial charge in [0.1, 0.15) is 5.75 Å². The molecule has 1 heterocycles. The minimum atomic E-state index is 0.114. The molecule has 3 aliphatic rings. The van der Waals surface area contributed by atoms with Crippen molar-refractivity contribution in [3.05, 3.63) is 59.7 Å². The van der Waals surface area contributed by atoms with Gasteiger partial charge < -0.3 is 9.64 Å². The molecule has 0 unspecified atom stereocenters. The summed E-state index contributed by atoms with van der Waals surface area (Å²) in [5.41, 5.74) is 3.58. The fourth-order valence-corrected chi connectivity index (χ4v) is 5.86. The fraction of sp³-hybridized carbons (Fsp3) is 0.519. The first-order valence-corrected chi connectivity index (χ1v) is 11.9. The van der Waals surface area contributed by atoms with Crippen LogP contribution in [-0.2, 0) is 6.42 Å². The molecule has 0 bridgehead atoms. The molecular formula is C27H33NO2. The van der Waals surface area contributed by atoms with Crippen LogP contribution in [0, 0.1) is 5.41 Å². The Kier molecular flexibility index (Phi) is 5.54. The number of benzene rings is 2. The van der Waals surface area contributed by atoms with Crippen molar-refractivity contribution in [3.8, 4) is 5.75 Å². The van der Waals surface area contributed by atoms with Crippen LogP contribution in [0.3, 0.4) is 0 Å². The van der Waals surface area contributed by atoms with Crippen molar-refractivity contribution in [2.24, 2.45) is 5.41 Å².